The Labute approximate surface area is 158 Å². The van der Waals surface area contributed by atoms with Gasteiger partial charge in [-0.3, -0.25) is 4.79 Å². The third-order valence-corrected chi connectivity index (χ3v) is 4.69. The van der Waals surface area contributed by atoms with Crippen molar-refractivity contribution in [3.8, 4) is 5.75 Å². The minimum Gasteiger partial charge on any atom is -0.495 e. The Morgan fingerprint density at radius 3 is 2.69 bits per heavy atom. The maximum Gasteiger partial charge on any atom is 0.257 e. The van der Waals surface area contributed by atoms with E-state index >= 15 is 0 Å². The average molecular weight is 387 g/mol. The van der Waals surface area contributed by atoms with Gasteiger partial charge in [0.05, 0.1) is 23.4 Å². The number of carbonyl (C=O) groups is 1. The molecule has 7 heteroatoms. The third-order valence-electron chi connectivity index (χ3n) is 4.01. The summed E-state index contributed by atoms with van der Waals surface area (Å²) < 4.78 is 11.3. The average Bonchev–Trinajstić information content (AvgIpc) is 3.00. The second-order valence-electron chi connectivity index (χ2n) is 5.60. The van der Waals surface area contributed by atoms with Crippen molar-refractivity contribution >= 4 is 56.7 Å². The van der Waals surface area contributed by atoms with Crippen LogP contribution in [-0.2, 0) is 0 Å². The lowest BCUT2D eigenvalue weighted by Crippen LogP contribution is -2.13. The van der Waals surface area contributed by atoms with Gasteiger partial charge in [0.1, 0.15) is 22.1 Å². The van der Waals surface area contributed by atoms with Gasteiger partial charge in [-0.15, -0.1) is 0 Å². The molecule has 5 nitrogen and oxygen atoms in total. The molecule has 0 unspecified atom stereocenters. The Bertz CT molecular complexity index is 1150. The molecule has 26 heavy (non-hydrogen) atoms. The lowest BCUT2D eigenvalue weighted by atomic mass is 10.1. The molecule has 0 saturated carbocycles. The Balaban J connectivity index is 1.76. The number of methoxy groups -OCH3 is 1. The van der Waals surface area contributed by atoms with Crippen molar-refractivity contribution in [2.45, 2.75) is 0 Å². The number of ether oxygens (including phenoxy) is 1. The van der Waals surface area contributed by atoms with E-state index in [9.17, 15) is 4.79 Å². The first-order chi connectivity index (χ1) is 12.6. The van der Waals surface area contributed by atoms with E-state index in [-0.39, 0.29) is 21.6 Å². The van der Waals surface area contributed by atoms with Gasteiger partial charge in [-0.2, -0.15) is 0 Å². The van der Waals surface area contributed by atoms with Gasteiger partial charge in [-0.05, 0) is 18.2 Å². The summed E-state index contributed by atoms with van der Waals surface area (Å²) in [6.07, 6.45) is 1.36. The Morgan fingerprint density at radius 1 is 1.12 bits per heavy atom. The lowest BCUT2D eigenvalue weighted by molar-refractivity contribution is 0.102. The van der Waals surface area contributed by atoms with E-state index in [1.165, 1.54) is 12.3 Å². The fraction of sp³-hybridized carbons (Fsp3) is 0.0526. The zero-order chi connectivity index (χ0) is 18.3. The number of anilines is 1. The molecule has 4 aromatic rings. The first-order valence-corrected chi connectivity index (χ1v) is 8.44. The van der Waals surface area contributed by atoms with Crippen LogP contribution >= 0.6 is 23.2 Å². The molecular weight excluding hydrogens is 375 g/mol. The number of benzene rings is 2. The number of carbonyl (C=O) groups excluding carboxylic acids is 1. The van der Waals surface area contributed by atoms with E-state index in [0.717, 1.165) is 16.4 Å². The number of furan rings is 1. The van der Waals surface area contributed by atoms with Crippen LogP contribution in [0.15, 0.2) is 53.1 Å². The maximum absolute atomic E-state index is 12.5. The monoisotopic (exact) mass is 386 g/mol. The molecule has 4 rings (SSSR count). The molecule has 0 spiro atoms. The van der Waals surface area contributed by atoms with Gasteiger partial charge in [-0.1, -0.05) is 41.4 Å². The molecule has 0 fully saturated rings. The van der Waals surface area contributed by atoms with Gasteiger partial charge in [0, 0.05) is 23.0 Å². The smallest absolute Gasteiger partial charge is 0.257 e. The Morgan fingerprint density at radius 2 is 1.92 bits per heavy atom. The Hall–Kier alpha value is -2.76. The van der Waals surface area contributed by atoms with Gasteiger partial charge in [0.15, 0.2) is 0 Å². The number of hydrogen-bond donors (Lipinski definition) is 1. The highest BCUT2D eigenvalue weighted by atomic mass is 35.5. The van der Waals surface area contributed by atoms with Crippen molar-refractivity contribution in [1.29, 1.82) is 0 Å². The number of rotatable bonds is 3. The van der Waals surface area contributed by atoms with Crippen molar-refractivity contribution in [2.75, 3.05) is 12.4 Å². The summed E-state index contributed by atoms with van der Waals surface area (Å²) in [5.41, 5.74) is 2.18. The van der Waals surface area contributed by atoms with Crippen LogP contribution in [-0.4, -0.2) is 18.0 Å². The molecule has 2 aromatic heterocycles. The van der Waals surface area contributed by atoms with Crippen LogP contribution in [0.2, 0.25) is 10.2 Å². The first kappa shape index (κ1) is 16.7. The molecule has 1 amide bonds. The topological polar surface area (TPSA) is 64.4 Å². The van der Waals surface area contributed by atoms with Gasteiger partial charge < -0.3 is 14.5 Å². The van der Waals surface area contributed by atoms with Crippen LogP contribution in [0.1, 0.15) is 10.4 Å². The molecule has 130 valence electrons. The number of amides is 1. The Kier molecular flexibility index (Phi) is 4.18. The highest BCUT2D eigenvalue weighted by Gasteiger charge is 2.16. The molecule has 0 aliphatic rings. The predicted octanol–water partition coefficient (Wildman–Crippen LogP) is 5.55. The number of halogens is 2. The van der Waals surface area contributed by atoms with Crippen LogP contribution < -0.4 is 10.1 Å². The van der Waals surface area contributed by atoms with E-state index < -0.39 is 0 Å². The van der Waals surface area contributed by atoms with Gasteiger partial charge in [0.25, 0.3) is 5.91 Å². The van der Waals surface area contributed by atoms with Crippen LogP contribution in [0.5, 0.6) is 5.75 Å². The number of nitrogens with one attached hydrogen (secondary N) is 1. The third kappa shape index (κ3) is 2.85. The van der Waals surface area contributed by atoms with Gasteiger partial charge >= 0.3 is 0 Å². The first-order valence-electron chi connectivity index (χ1n) is 7.68. The number of fused-ring (bicyclic) bond motifs is 3. The summed E-state index contributed by atoms with van der Waals surface area (Å²) in [6.45, 7) is 0. The fourth-order valence-corrected chi connectivity index (χ4v) is 3.03. The highest BCUT2D eigenvalue weighted by Crippen LogP contribution is 2.36. The van der Waals surface area contributed by atoms with Gasteiger partial charge in [-0.25, -0.2) is 4.98 Å². The summed E-state index contributed by atoms with van der Waals surface area (Å²) in [7, 11) is 1.54. The molecular formula is C19H12Cl2N2O3. The van der Waals surface area contributed by atoms with Crippen LogP contribution in [0.3, 0.4) is 0 Å². The van der Waals surface area contributed by atoms with Crippen molar-refractivity contribution in [1.82, 2.24) is 4.98 Å². The minimum absolute atomic E-state index is 0.143. The van der Waals surface area contributed by atoms with E-state index in [1.54, 1.807) is 13.2 Å². The summed E-state index contributed by atoms with van der Waals surface area (Å²) in [5, 5.41) is 5.03. The van der Waals surface area contributed by atoms with Crippen molar-refractivity contribution < 1.29 is 13.9 Å². The lowest BCUT2D eigenvalue weighted by Gasteiger charge is -2.10. The molecule has 2 heterocycles. The normalized spacial score (nSPS) is 11.0. The van der Waals surface area contributed by atoms with Crippen molar-refractivity contribution in [3.05, 3.63) is 64.4 Å². The molecule has 0 aliphatic carbocycles. The molecule has 0 saturated heterocycles. The minimum atomic E-state index is -0.384. The van der Waals surface area contributed by atoms with Crippen LogP contribution in [0, 0.1) is 0 Å². The van der Waals surface area contributed by atoms with E-state index in [1.807, 2.05) is 30.3 Å². The standard InChI is InChI=1S/C19H12Cl2N2O3/c1-25-17-7-12-11-4-2-3-5-15(11)26-16(12)8-14(17)23-19(24)10-6-13(20)18(21)22-9-10/h2-9H,1H3,(H,23,24). The molecule has 0 radical (unpaired) electrons. The summed E-state index contributed by atoms with van der Waals surface area (Å²) >= 11 is 11.7. The second kappa shape index (κ2) is 6.52. The molecule has 0 bridgehead atoms. The maximum atomic E-state index is 12.5. The second-order valence-corrected chi connectivity index (χ2v) is 6.36. The highest BCUT2D eigenvalue weighted by molar-refractivity contribution is 6.41. The summed E-state index contributed by atoms with van der Waals surface area (Å²) in [5.74, 6) is 0.134. The van der Waals surface area contributed by atoms with Crippen molar-refractivity contribution in [2.24, 2.45) is 0 Å². The number of nitrogens with zero attached hydrogens (tertiary/aromatic N) is 1. The zero-order valence-corrected chi connectivity index (χ0v) is 15.1. The molecule has 0 aliphatic heterocycles. The molecule has 1 N–H and O–H groups in total. The number of para-hydroxylation sites is 1. The van der Waals surface area contributed by atoms with E-state index in [2.05, 4.69) is 10.3 Å². The zero-order valence-electron chi connectivity index (χ0n) is 13.5. The van der Waals surface area contributed by atoms with Crippen LogP contribution in [0.25, 0.3) is 21.9 Å². The number of aromatic nitrogens is 1. The summed E-state index contributed by atoms with van der Waals surface area (Å²) in [4.78, 5) is 16.4. The van der Waals surface area contributed by atoms with Gasteiger partial charge in [0.2, 0.25) is 0 Å². The SMILES string of the molecule is COc1cc2c(cc1NC(=O)c1cnc(Cl)c(Cl)c1)oc1ccccc12. The predicted molar refractivity (Wildman–Crippen MR) is 102 cm³/mol. The quantitative estimate of drug-likeness (QED) is 0.468. The van der Waals surface area contributed by atoms with Crippen LogP contribution in [0.4, 0.5) is 5.69 Å². The number of pyridine rings is 1. The summed E-state index contributed by atoms with van der Waals surface area (Å²) in [6, 6.07) is 12.7. The largest absolute Gasteiger partial charge is 0.495 e. The van der Waals surface area contributed by atoms with Crippen molar-refractivity contribution in [3.63, 3.8) is 0 Å². The number of hydrogen-bond acceptors (Lipinski definition) is 4. The molecule has 0 atom stereocenters. The van der Waals surface area contributed by atoms with E-state index in [0.29, 0.717) is 17.0 Å². The van der Waals surface area contributed by atoms with E-state index in [4.69, 9.17) is 32.4 Å². The fourth-order valence-electron chi connectivity index (χ4n) is 2.76. The molecule has 2 aromatic carbocycles.